The molecule has 462 valence electrons. The first-order chi connectivity index (χ1) is 39.4. The van der Waals surface area contributed by atoms with Crippen LogP contribution in [0.3, 0.4) is 0 Å². The van der Waals surface area contributed by atoms with Gasteiger partial charge in [-0.25, -0.2) is 40.7 Å². The maximum absolute atomic E-state index is 15.4. The summed E-state index contributed by atoms with van der Waals surface area (Å²) < 4.78 is 167. The SMILES string of the molecule is CCCOC(=O)[C@H](C)N[P@](=O)(OC[C@H]1O[C@@H](n2ccc(=O)[nH]c2=O)[C@](C)(F)[C@@H]1O)Oc1ccccc1.CCCOC(=O)[C@H](C)N[P@](=O)(Oc1ccccc1)Oc1c(F)c(F)c(F)c(F)c1F.C[C@@]1(F)[C@H](O)[C@@H](CO)O[C@H]1n1ccc(=O)[nH]c1=O. The highest BCUT2D eigenvalue weighted by molar-refractivity contribution is 7.52. The number of H-pyrrole nitrogens is 2. The largest absolute Gasteiger partial charge is 0.513 e. The predicted octanol–water partition coefficient (Wildman–Crippen LogP) is 5.05. The molecule has 7 rings (SSSR count). The van der Waals surface area contributed by atoms with E-state index in [1.165, 1.54) is 50.2 Å². The van der Waals surface area contributed by atoms with E-state index in [0.29, 0.717) is 12.8 Å². The van der Waals surface area contributed by atoms with E-state index in [9.17, 15) is 74.5 Å². The number of aromatic nitrogens is 4. The van der Waals surface area contributed by atoms with Crippen LogP contribution < -0.4 is 46.2 Å². The number of nitrogens with one attached hydrogen (secondary N) is 4. The van der Waals surface area contributed by atoms with Gasteiger partial charge in [-0.05, 0) is 64.8 Å². The van der Waals surface area contributed by atoms with E-state index in [2.05, 4.69) is 14.7 Å². The summed E-state index contributed by atoms with van der Waals surface area (Å²) in [6.45, 7) is 7.20. The Bertz CT molecular complexity index is 3370. The normalized spacial score (nSPS) is 23.9. The zero-order chi connectivity index (χ0) is 62.5. The second-order valence-corrected chi connectivity index (χ2v) is 21.9. The Balaban J connectivity index is 0.000000243. The molecule has 12 atom stereocenters. The van der Waals surface area contributed by atoms with Crippen molar-refractivity contribution in [1.29, 1.82) is 0 Å². The number of aliphatic hydroxyl groups is 3. The molecule has 2 aromatic heterocycles. The first-order valence-corrected chi connectivity index (χ1v) is 28.2. The van der Waals surface area contributed by atoms with Crippen LogP contribution in [0.15, 0.2) is 104 Å². The highest BCUT2D eigenvalue weighted by Crippen LogP contribution is 2.49. The van der Waals surface area contributed by atoms with Crippen LogP contribution in [0.25, 0.3) is 0 Å². The summed E-state index contributed by atoms with van der Waals surface area (Å²) in [7, 11) is -9.19. The maximum atomic E-state index is 15.4. The zero-order valence-corrected chi connectivity index (χ0v) is 47.0. The molecule has 4 heterocycles. The fraction of sp³-hybridized carbons (Fsp3) is 0.440. The zero-order valence-electron chi connectivity index (χ0n) is 45.3. The van der Waals surface area contributed by atoms with Crippen LogP contribution in [-0.4, -0.2) is 121 Å². The fourth-order valence-electron chi connectivity index (χ4n) is 7.53. The van der Waals surface area contributed by atoms with E-state index in [0.717, 1.165) is 47.5 Å². The Hall–Kier alpha value is -6.99. The van der Waals surface area contributed by atoms with Gasteiger partial charge in [-0.15, -0.1) is 0 Å². The molecule has 84 heavy (non-hydrogen) atoms. The molecule has 0 radical (unpaired) electrons. The van der Waals surface area contributed by atoms with Gasteiger partial charge in [-0.1, -0.05) is 50.2 Å². The monoisotopic (exact) mass is 1240 g/mol. The van der Waals surface area contributed by atoms with Crippen molar-refractivity contribution in [3.05, 3.63) is 156 Å². The molecule has 3 aromatic carbocycles. The molecule has 0 saturated carbocycles. The molecule has 2 fully saturated rings. The smallest absolute Gasteiger partial charge is 0.465 e. The number of halogens is 7. The van der Waals surface area contributed by atoms with E-state index in [-0.39, 0.29) is 24.7 Å². The molecule has 34 heteroatoms. The van der Waals surface area contributed by atoms with Crippen LogP contribution >= 0.6 is 15.5 Å². The van der Waals surface area contributed by atoms with E-state index < -0.39 is 158 Å². The number of rotatable bonds is 22. The van der Waals surface area contributed by atoms with Gasteiger partial charge in [0, 0.05) is 24.5 Å². The van der Waals surface area contributed by atoms with Gasteiger partial charge < -0.3 is 47.8 Å². The van der Waals surface area contributed by atoms with Crippen LogP contribution in [0.5, 0.6) is 17.2 Å². The molecule has 7 N–H and O–H groups in total. The fourth-order valence-corrected chi connectivity index (χ4v) is 10.6. The molecule has 0 unspecified atom stereocenters. The first-order valence-electron chi connectivity index (χ1n) is 25.2. The number of aromatic amines is 2. The van der Waals surface area contributed by atoms with Gasteiger partial charge in [0.1, 0.15) is 48.0 Å². The molecule has 0 aliphatic carbocycles. The van der Waals surface area contributed by atoms with Crippen LogP contribution in [0, 0.1) is 29.1 Å². The van der Waals surface area contributed by atoms with Crippen LogP contribution in [0.4, 0.5) is 30.7 Å². The van der Waals surface area contributed by atoms with Crippen molar-refractivity contribution in [2.75, 3.05) is 26.4 Å². The number of nitrogens with zero attached hydrogens (tertiary/aromatic N) is 2. The van der Waals surface area contributed by atoms with Crippen molar-refractivity contribution in [1.82, 2.24) is 29.3 Å². The molecule has 2 aliphatic heterocycles. The number of carbonyl (C=O) groups excluding carboxylic acids is 2. The Labute approximate surface area is 471 Å². The van der Waals surface area contributed by atoms with Crippen molar-refractivity contribution in [2.45, 2.75) is 115 Å². The minimum absolute atomic E-state index is 0.0349. The number of alkyl halides is 2. The molecule has 0 bridgehead atoms. The maximum Gasteiger partial charge on any atom is 0.513 e. The number of hydrogen-bond donors (Lipinski definition) is 7. The second-order valence-electron chi connectivity index (χ2n) is 18.6. The summed E-state index contributed by atoms with van der Waals surface area (Å²) >= 11 is 0. The van der Waals surface area contributed by atoms with Gasteiger partial charge >= 0.3 is 38.8 Å². The average Bonchev–Trinajstić information content (AvgIpc) is 1.99. The van der Waals surface area contributed by atoms with E-state index in [1.54, 1.807) is 31.2 Å². The highest BCUT2D eigenvalue weighted by atomic mass is 31.2. The van der Waals surface area contributed by atoms with Crippen LogP contribution in [0.2, 0.25) is 0 Å². The van der Waals surface area contributed by atoms with E-state index >= 15 is 4.39 Å². The number of hydrogen-bond acceptors (Lipinski definition) is 19. The summed E-state index contributed by atoms with van der Waals surface area (Å²) in [4.78, 5) is 74.0. The Morgan fingerprint density at radius 2 is 1.01 bits per heavy atom. The van der Waals surface area contributed by atoms with Gasteiger partial charge in [-0.2, -0.15) is 19.0 Å². The molecule has 2 saturated heterocycles. The lowest BCUT2D eigenvalue weighted by Crippen LogP contribution is -2.43. The molecular formula is C50H59F7N6O19P2. The number of aliphatic hydroxyl groups excluding tert-OH is 3. The number of esters is 2. The average molecular weight is 1240 g/mol. The van der Waals surface area contributed by atoms with Crippen molar-refractivity contribution >= 4 is 27.4 Å². The number of benzene rings is 3. The third-order valence-electron chi connectivity index (χ3n) is 11.9. The van der Waals surface area contributed by atoms with Crippen molar-refractivity contribution < 1.29 is 102 Å². The molecule has 0 spiro atoms. The topological polar surface area (TPSA) is 337 Å². The minimum Gasteiger partial charge on any atom is -0.465 e. The van der Waals surface area contributed by atoms with Gasteiger partial charge in [0.25, 0.3) is 11.1 Å². The van der Waals surface area contributed by atoms with Gasteiger partial charge in [0.2, 0.25) is 34.8 Å². The number of carbonyl (C=O) groups is 2. The van der Waals surface area contributed by atoms with Crippen molar-refractivity contribution in [3.8, 4) is 17.2 Å². The Kier molecular flexibility index (Phi) is 23.6. The molecular weight excluding hydrogens is 1180 g/mol. The quantitative estimate of drug-likeness (QED) is 0.0157. The van der Waals surface area contributed by atoms with E-state index in [4.69, 9.17) is 37.6 Å². The second kappa shape index (κ2) is 29.2. The molecule has 0 amide bonds. The van der Waals surface area contributed by atoms with Gasteiger partial charge in [0.15, 0.2) is 23.8 Å². The third kappa shape index (κ3) is 16.9. The van der Waals surface area contributed by atoms with Gasteiger partial charge in [0.05, 0.1) is 26.4 Å². The van der Waals surface area contributed by atoms with Gasteiger partial charge in [-0.3, -0.25) is 42.8 Å². The van der Waals surface area contributed by atoms with Crippen LogP contribution in [0.1, 0.15) is 66.8 Å². The molecule has 2 aliphatic rings. The lowest BCUT2D eigenvalue weighted by Gasteiger charge is -2.25. The first kappa shape index (κ1) is 67.8. The van der Waals surface area contributed by atoms with Crippen molar-refractivity contribution in [3.63, 3.8) is 0 Å². The lowest BCUT2D eigenvalue weighted by molar-refractivity contribution is -0.146. The minimum atomic E-state index is -4.90. The Morgan fingerprint density at radius 3 is 1.40 bits per heavy atom. The standard InChI is InChI=1S/C22H29FN3O9P.C18H17F5NO5P.C10H13FN2O5/c1-4-12-32-19(29)14(2)25-36(31,35-15-8-6-5-7-9-15)33-13-16-18(28)22(3,23)20(34-16)26-11-10-17(27)24-21(26)30;1-3-9-27-18(25)10(2)24-30(26,28-11-7-5-4-6-8-11)29-17-15(22)13(20)12(19)14(21)16(17)23;1-10(11)7(16)5(4-14)18-8(10)13-3-2-6(15)12-9(13)17/h5-11,14,16,18,20,28H,4,12-13H2,1-3H3,(H,25,31)(H,24,27,30);4-8,10H,3,9H2,1-2H3,(H,24,26);2-3,5,7-8,14,16H,4H2,1H3,(H,12,15,17)/t14-,16+,18+,20+,22+,36-;10-,30-;5-,7-,8-,10-/m001/s1. The summed E-state index contributed by atoms with van der Waals surface area (Å²) in [5.74, 6) is -15.1. The molecule has 5 aromatic rings. The summed E-state index contributed by atoms with van der Waals surface area (Å²) in [6.07, 6.45) is -5.72. The molecule has 25 nitrogen and oxygen atoms in total. The summed E-state index contributed by atoms with van der Waals surface area (Å²) in [6, 6.07) is 14.6. The predicted molar refractivity (Wildman–Crippen MR) is 278 cm³/mol. The number of para-hydroxylation sites is 2. The lowest BCUT2D eigenvalue weighted by atomic mass is 9.98. The highest BCUT2D eigenvalue weighted by Gasteiger charge is 2.57. The summed E-state index contributed by atoms with van der Waals surface area (Å²) in [5.41, 5.74) is -7.83. The third-order valence-corrected chi connectivity index (χ3v) is 15.1. The Morgan fingerprint density at radius 1 is 0.631 bits per heavy atom. The van der Waals surface area contributed by atoms with E-state index in [1.807, 2.05) is 16.9 Å². The van der Waals surface area contributed by atoms with Crippen LogP contribution in [-0.2, 0) is 42.2 Å². The number of ether oxygens (including phenoxy) is 4. The van der Waals surface area contributed by atoms with Crippen molar-refractivity contribution in [2.24, 2.45) is 0 Å². The summed E-state index contributed by atoms with van der Waals surface area (Å²) in [5, 5.41) is 33.7.